The molecule has 0 atom stereocenters. The van der Waals surface area contributed by atoms with E-state index in [-0.39, 0.29) is 30.1 Å². The smallest absolute Gasteiger partial charge is 0.256 e. The Balaban J connectivity index is 1.46. The summed E-state index contributed by atoms with van der Waals surface area (Å²) in [6, 6.07) is 9.69. The van der Waals surface area contributed by atoms with Gasteiger partial charge in [-0.3, -0.25) is 14.4 Å². The molecule has 8 heteroatoms. The number of ether oxygens (including phenoxy) is 1. The summed E-state index contributed by atoms with van der Waals surface area (Å²) >= 11 is 6.49. The minimum Gasteiger partial charge on any atom is -0.496 e. The van der Waals surface area contributed by atoms with Gasteiger partial charge in [0, 0.05) is 60.2 Å². The molecule has 1 saturated heterocycles. The second-order valence-corrected chi connectivity index (χ2v) is 10.9. The maximum atomic E-state index is 14.1. The Morgan fingerprint density at radius 3 is 2.64 bits per heavy atom. The lowest BCUT2D eigenvalue weighted by Gasteiger charge is -2.38. The van der Waals surface area contributed by atoms with Gasteiger partial charge in [-0.05, 0) is 55.2 Å². The lowest BCUT2D eigenvalue weighted by atomic mass is 9.94. The van der Waals surface area contributed by atoms with Gasteiger partial charge in [0.1, 0.15) is 5.75 Å². The molecule has 3 heterocycles. The molecule has 2 amide bonds. The number of halogens is 1. The highest BCUT2D eigenvalue weighted by Gasteiger charge is 2.33. The predicted molar refractivity (Wildman–Crippen MR) is 152 cm³/mol. The summed E-state index contributed by atoms with van der Waals surface area (Å²) in [5.74, 6) is 0.948. The molecule has 7 nitrogen and oxygen atoms in total. The number of ketones is 1. The summed E-state index contributed by atoms with van der Waals surface area (Å²) in [6.07, 6.45) is 3.02. The van der Waals surface area contributed by atoms with Crippen molar-refractivity contribution >= 4 is 40.1 Å². The van der Waals surface area contributed by atoms with Crippen LogP contribution in [0.3, 0.4) is 0 Å². The number of hydrogen-bond acceptors (Lipinski definition) is 4. The van der Waals surface area contributed by atoms with E-state index in [2.05, 4.69) is 6.58 Å². The first-order valence-electron chi connectivity index (χ1n) is 13.4. The highest BCUT2D eigenvalue weighted by molar-refractivity contribution is 6.31. The van der Waals surface area contributed by atoms with Gasteiger partial charge in [0.15, 0.2) is 5.78 Å². The standard InChI is InChI=1S/C31H34ClN3O4/c1-5-26-29(31(38)33-11-10-24-21(17-33)8-7-9-27(24)39-4)25-14-22(32)12-19(3)30(25)35(26)18-23(36)13-20-15-34(16-20)28(37)6-2/h6-9,12,14,20H,2,5,10-11,13,15-18H2,1,3-4H3. The van der Waals surface area contributed by atoms with Gasteiger partial charge < -0.3 is 19.1 Å². The van der Waals surface area contributed by atoms with Crippen molar-refractivity contribution < 1.29 is 19.1 Å². The van der Waals surface area contributed by atoms with Crippen LogP contribution >= 0.6 is 11.6 Å². The Kier molecular flexibility index (Phi) is 7.54. The van der Waals surface area contributed by atoms with Crippen molar-refractivity contribution in [2.75, 3.05) is 26.7 Å². The molecule has 0 aliphatic carbocycles. The quantitative estimate of drug-likeness (QED) is 0.373. The predicted octanol–water partition coefficient (Wildman–Crippen LogP) is 4.98. The first-order chi connectivity index (χ1) is 18.7. The van der Waals surface area contributed by atoms with Crippen LogP contribution in [0.15, 0.2) is 43.0 Å². The molecule has 2 aromatic carbocycles. The zero-order chi connectivity index (χ0) is 27.8. The van der Waals surface area contributed by atoms with E-state index >= 15 is 0 Å². The van der Waals surface area contributed by atoms with Gasteiger partial charge in [0.05, 0.1) is 24.7 Å². The van der Waals surface area contributed by atoms with Crippen molar-refractivity contribution in [1.29, 1.82) is 0 Å². The SMILES string of the molecule is C=CC(=O)N1CC(CC(=O)Cn2c(CC)c(C(=O)N3CCc4c(cccc4OC)C3)c3cc(Cl)cc(C)c32)C1. The van der Waals surface area contributed by atoms with Gasteiger partial charge in [0.25, 0.3) is 5.91 Å². The van der Waals surface area contributed by atoms with Crippen LogP contribution in [0.2, 0.25) is 5.02 Å². The van der Waals surface area contributed by atoms with E-state index in [9.17, 15) is 14.4 Å². The largest absolute Gasteiger partial charge is 0.496 e. The molecule has 0 spiro atoms. The lowest BCUT2D eigenvalue weighted by Crippen LogP contribution is -2.50. The van der Waals surface area contributed by atoms with Gasteiger partial charge in [-0.25, -0.2) is 0 Å². The maximum Gasteiger partial charge on any atom is 0.256 e. The van der Waals surface area contributed by atoms with Crippen molar-refractivity contribution in [1.82, 2.24) is 14.4 Å². The van der Waals surface area contributed by atoms with Crippen molar-refractivity contribution in [2.24, 2.45) is 5.92 Å². The number of fused-ring (bicyclic) bond motifs is 2. The summed E-state index contributed by atoms with van der Waals surface area (Å²) in [5.41, 5.74) is 5.52. The number of carbonyl (C=O) groups excluding carboxylic acids is 3. The molecule has 5 rings (SSSR count). The molecule has 0 unspecified atom stereocenters. The van der Waals surface area contributed by atoms with Gasteiger partial charge in [-0.2, -0.15) is 0 Å². The third-order valence-electron chi connectivity index (χ3n) is 7.99. The number of benzene rings is 2. The van der Waals surface area contributed by atoms with E-state index in [0.29, 0.717) is 49.6 Å². The summed E-state index contributed by atoms with van der Waals surface area (Å²) in [5, 5.41) is 1.35. The molecule has 0 N–H and O–H groups in total. The lowest BCUT2D eigenvalue weighted by molar-refractivity contribution is -0.134. The summed E-state index contributed by atoms with van der Waals surface area (Å²) in [7, 11) is 1.67. The zero-order valence-electron chi connectivity index (χ0n) is 22.8. The molecule has 2 aliphatic rings. The van der Waals surface area contributed by atoms with Crippen LogP contribution in [0.4, 0.5) is 0 Å². The first kappa shape index (κ1) is 27.0. The fourth-order valence-electron chi connectivity index (χ4n) is 6.16. The Morgan fingerprint density at radius 2 is 1.95 bits per heavy atom. The van der Waals surface area contributed by atoms with Crippen molar-refractivity contribution in [3.8, 4) is 5.75 Å². The third kappa shape index (κ3) is 4.96. The summed E-state index contributed by atoms with van der Waals surface area (Å²) < 4.78 is 7.56. The maximum absolute atomic E-state index is 14.1. The van der Waals surface area contributed by atoms with E-state index in [1.54, 1.807) is 12.0 Å². The number of rotatable bonds is 8. The fourth-order valence-corrected chi connectivity index (χ4v) is 6.43. The summed E-state index contributed by atoms with van der Waals surface area (Å²) in [4.78, 5) is 42.8. The molecule has 1 fully saturated rings. The van der Waals surface area contributed by atoms with Gasteiger partial charge in [-0.1, -0.05) is 37.2 Å². The molecule has 2 aliphatic heterocycles. The van der Waals surface area contributed by atoms with Crippen LogP contribution in [0.1, 0.15) is 46.1 Å². The van der Waals surface area contributed by atoms with Gasteiger partial charge in [-0.15, -0.1) is 0 Å². The molecular weight excluding hydrogens is 514 g/mol. The van der Waals surface area contributed by atoms with Crippen LogP contribution in [0.25, 0.3) is 10.9 Å². The van der Waals surface area contributed by atoms with E-state index in [1.807, 2.05) is 53.6 Å². The van der Waals surface area contributed by atoms with E-state index in [0.717, 1.165) is 45.5 Å². The molecule has 0 radical (unpaired) electrons. The van der Waals surface area contributed by atoms with Crippen molar-refractivity contribution in [2.45, 2.75) is 46.2 Å². The average Bonchev–Trinajstić information content (AvgIpc) is 3.21. The average molecular weight is 548 g/mol. The van der Waals surface area contributed by atoms with Gasteiger partial charge >= 0.3 is 0 Å². The van der Waals surface area contributed by atoms with E-state index in [4.69, 9.17) is 16.3 Å². The first-order valence-corrected chi connectivity index (χ1v) is 13.8. The second kappa shape index (κ2) is 10.9. The number of Topliss-reactive ketones (excluding diaryl/α,β-unsaturated/α-hetero) is 1. The van der Waals surface area contributed by atoms with Crippen LogP contribution < -0.4 is 4.74 Å². The molecule has 204 valence electrons. The number of aryl methyl sites for hydroxylation is 1. The minimum atomic E-state index is -0.0993. The summed E-state index contributed by atoms with van der Waals surface area (Å²) in [6.45, 7) is 9.93. The van der Waals surface area contributed by atoms with Crippen molar-refractivity contribution in [3.05, 3.63) is 76.0 Å². The molecule has 1 aromatic heterocycles. The monoisotopic (exact) mass is 547 g/mol. The second-order valence-electron chi connectivity index (χ2n) is 10.5. The molecule has 0 bridgehead atoms. The molecule has 39 heavy (non-hydrogen) atoms. The zero-order valence-corrected chi connectivity index (χ0v) is 23.5. The highest BCUT2D eigenvalue weighted by atomic mass is 35.5. The van der Waals surface area contributed by atoms with E-state index in [1.165, 1.54) is 6.08 Å². The minimum absolute atomic E-state index is 0.0456. The molecule has 3 aromatic rings. The number of methoxy groups -OCH3 is 1. The highest BCUT2D eigenvalue weighted by Crippen LogP contribution is 2.35. The Labute approximate surface area is 234 Å². The number of hydrogen-bond donors (Lipinski definition) is 0. The Morgan fingerprint density at radius 1 is 1.18 bits per heavy atom. The number of nitrogens with zero attached hydrogens (tertiary/aromatic N) is 3. The fraction of sp³-hybridized carbons (Fsp3) is 0.387. The number of carbonyl (C=O) groups is 3. The third-order valence-corrected chi connectivity index (χ3v) is 8.21. The Bertz CT molecular complexity index is 1480. The Hall–Kier alpha value is -3.58. The van der Waals surface area contributed by atoms with E-state index < -0.39 is 0 Å². The van der Waals surface area contributed by atoms with Crippen LogP contribution in [-0.4, -0.2) is 58.7 Å². The number of aromatic nitrogens is 1. The van der Waals surface area contributed by atoms with Crippen molar-refractivity contribution in [3.63, 3.8) is 0 Å². The molecule has 0 saturated carbocycles. The number of likely N-dealkylation sites (tertiary alicyclic amines) is 1. The van der Waals surface area contributed by atoms with Gasteiger partial charge in [0.2, 0.25) is 5.91 Å². The van der Waals surface area contributed by atoms with Crippen LogP contribution in [0.5, 0.6) is 5.75 Å². The topological polar surface area (TPSA) is 71.9 Å². The van der Waals surface area contributed by atoms with Crippen LogP contribution in [0, 0.1) is 12.8 Å². The number of amides is 2. The van der Waals surface area contributed by atoms with Crippen LogP contribution in [-0.2, 0) is 35.5 Å². The molecular formula is C31H34ClN3O4. The normalized spacial score (nSPS) is 15.2.